The lowest BCUT2D eigenvalue weighted by molar-refractivity contribution is 0.0697. The molecule has 0 saturated carbocycles. The SMILES string of the molecule is O=C(c1ccccn1)N1CCCN(C(=O)c2ccc(Br)o2)CC1. The van der Waals surface area contributed by atoms with E-state index in [1.54, 1.807) is 46.3 Å². The standard InChI is InChI=1S/C16H16BrN3O3/c17-14-6-5-13(23-14)16(22)20-9-3-8-19(10-11-20)15(21)12-4-1-2-7-18-12/h1-2,4-7H,3,8-11H2. The lowest BCUT2D eigenvalue weighted by Crippen LogP contribution is -2.37. The summed E-state index contributed by atoms with van der Waals surface area (Å²) in [6.07, 6.45) is 2.34. The van der Waals surface area contributed by atoms with Gasteiger partial charge in [-0.3, -0.25) is 14.6 Å². The Morgan fingerprint density at radius 2 is 1.74 bits per heavy atom. The van der Waals surface area contributed by atoms with Gasteiger partial charge in [-0.25, -0.2) is 0 Å². The number of aromatic nitrogens is 1. The number of carbonyl (C=O) groups is 2. The van der Waals surface area contributed by atoms with Crippen LogP contribution in [-0.4, -0.2) is 52.8 Å². The minimum absolute atomic E-state index is 0.0966. The maximum Gasteiger partial charge on any atom is 0.289 e. The van der Waals surface area contributed by atoms with E-state index in [0.29, 0.717) is 42.3 Å². The van der Waals surface area contributed by atoms with E-state index in [4.69, 9.17) is 4.42 Å². The van der Waals surface area contributed by atoms with Crippen molar-refractivity contribution < 1.29 is 14.0 Å². The van der Waals surface area contributed by atoms with Crippen molar-refractivity contribution >= 4 is 27.7 Å². The highest BCUT2D eigenvalue weighted by molar-refractivity contribution is 9.10. The molecule has 1 aliphatic heterocycles. The number of nitrogens with zero attached hydrogens (tertiary/aromatic N) is 3. The van der Waals surface area contributed by atoms with Crippen LogP contribution in [0.3, 0.4) is 0 Å². The van der Waals surface area contributed by atoms with Gasteiger partial charge in [-0.15, -0.1) is 0 Å². The Balaban J connectivity index is 1.65. The second kappa shape index (κ2) is 6.95. The summed E-state index contributed by atoms with van der Waals surface area (Å²) in [6, 6.07) is 8.62. The summed E-state index contributed by atoms with van der Waals surface area (Å²) in [5.41, 5.74) is 0.433. The van der Waals surface area contributed by atoms with E-state index >= 15 is 0 Å². The number of amides is 2. The molecule has 0 N–H and O–H groups in total. The fraction of sp³-hybridized carbons (Fsp3) is 0.312. The number of rotatable bonds is 2. The Labute approximate surface area is 142 Å². The molecule has 1 saturated heterocycles. The first kappa shape index (κ1) is 15.7. The molecule has 0 spiro atoms. The maximum absolute atomic E-state index is 12.4. The van der Waals surface area contributed by atoms with E-state index in [9.17, 15) is 9.59 Å². The van der Waals surface area contributed by atoms with Crippen LogP contribution in [0.2, 0.25) is 0 Å². The van der Waals surface area contributed by atoms with Crippen LogP contribution in [0.15, 0.2) is 45.6 Å². The number of hydrogen-bond acceptors (Lipinski definition) is 4. The summed E-state index contributed by atoms with van der Waals surface area (Å²) in [7, 11) is 0. The number of pyridine rings is 1. The van der Waals surface area contributed by atoms with Gasteiger partial charge in [0.2, 0.25) is 0 Å². The van der Waals surface area contributed by atoms with Crippen LogP contribution in [0.25, 0.3) is 0 Å². The van der Waals surface area contributed by atoms with Gasteiger partial charge in [0.1, 0.15) is 5.69 Å². The summed E-state index contributed by atoms with van der Waals surface area (Å²) in [6.45, 7) is 2.18. The van der Waals surface area contributed by atoms with Crippen molar-refractivity contribution in [2.75, 3.05) is 26.2 Å². The third-order valence-corrected chi connectivity index (χ3v) is 4.16. The molecule has 23 heavy (non-hydrogen) atoms. The summed E-state index contributed by atoms with van der Waals surface area (Å²) in [5.74, 6) is 0.0601. The normalized spacial score (nSPS) is 15.3. The molecule has 0 bridgehead atoms. The fourth-order valence-corrected chi connectivity index (χ4v) is 2.87. The molecule has 6 nitrogen and oxygen atoms in total. The molecule has 2 aromatic rings. The first-order valence-electron chi connectivity index (χ1n) is 7.40. The van der Waals surface area contributed by atoms with Gasteiger partial charge in [0.15, 0.2) is 10.4 Å². The van der Waals surface area contributed by atoms with Crippen LogP contribution in [0, 0.1) is 0 Å². The van der Waals surface area contributed by atoms with Gasteiger partial charge < -0.3 is 14.2 Å². The molecule has 2 amide bonds. The highest BCUT2D eigenvalue weighted by atomic mass is 79.9. The molecular formula is C16H16BrN3O3. The van der Waals surface area contributed by atoms with Crippen molar-refractivity contribution in [1.82, 2.24) is 14.8 Å². The lowest BCUT2D eigenvalue weighted by atomic mass is 10.3. The van der Waals surface area contributed by atoms with Crippen molar-refractivity contribution in [2.45, 2.75) is 6.42 Å². The van der Waals surface area contributed by atoms with Gasteiger partial charge in [-0.05, 0) is 46.6 Å². The molecule has 0 aromatic carbocycles. The molecule has 1 aliphatic rings. The van der Waals surface area contributed by atoms with E-state index < -0.39 is 0 Å². The number of halogens is 1. The Hall–Kier alpha value is -2.15. The van der Waals surface area contributed by atoms with Gasteiger partial charge >= 0.3 is 0 Å². The van der Waals surface area contributed by atoms with Crippen LogP contribution in [0.4, 0.5) is 0 Å². The first-order chi connectivity index (χ1) is 11.1. The monoisotopic (exact) mass is 377 g/mol. The molecule has 0 atom stereocenters. The summed E-state index contributed by atoms with van der Waals surface area (Å²) < 4.78 is 5.85. The minimum Gasteiger partial charge on any atom is -0.444 e. The summed E-state index contributed by atoms with van der Waals surface area (Å²) >= 11 is 3.20. The minimum atomic E-state index is -0.150. The average Bonchev–Trinajstić information content (AvgIpc) is 2.87. The molecule has 0 aliphatic carbocycles. The smallest absolute Gasteiger partial charge is 0.289 e. The number of carbonyl (C=O) groups excluding carboxylic acids is 2. The second-order valence-corrected chi connectivity index (χ2v) is 6.04. The Kier molecular flexibility index (Phi) is 4.76. The number of hydrogen-bond donors (Lipinski definition) is 0. The van der Waals surface area contributed by atoms with Gasteiger partial charge in [-0.2, -0.15) is 0 Å². The van der Waals surface area contributed by atoms with Gasteiger partial charge in [0.25, 0.3) is 11.8 Å². The van der Waals surface area contributed by atoms with Crippen LogP contribution >= 0.6 is 15.9 Å². The zero-order valence-electron chi connectivity index (χ0n) is 12.4. The van der Waals surface area contributed by atoms with E-state index in [-0.39, 0.29) is 11.8 Å². The maximum atomic E-state index is 12.4. The van der Waals surface area contributed by atoms with Gasteiger partial charge in [-0.1, -0.05) is 6.07 Å². The highest BCUT2D eigenvalue weighted by Crippen LogP contribution is 2.17. The Morgan fingerprint density at radius 3 is 2.35 bits per heavy atom. The second-order valence-electron chi connectivity index (χ2n) is 5.26. The molecule has 7 heteroatoms. The molecule has 1 fully saturated rings. The molecule has 120 valence electrons. The van der Waals surface area contributed by atoms with Crippen LogP contribution in [0.1, 0.15) is 27.5 Å². The van der Waals surface area contributed by atoms with Gasteiger partial charge in [0, 0.05) is 32.4 Å². The zero-order chi connectivity index (χ0) is 16.2. The van der Waals surface area contributed by atoms with Gasteiger partial charge in [0.05, 0.1) is 0 Å². The third kappa shape index (κ3) is 3.61. The van der Waals surface area contributed by atoms with Crippen LogP contribution in [-0.2, 0) is 0 Å². The third-order valence-electron chi connectivity index (χ3n) is 3.74. The highest BCUT2D eigenvalue weighted by Gasteiger charge is 2.25. The molecule has 0 radical (unpaired) electrons. The van der Waals surface area contributed by atoms with Crippen molar-refractivity contribution in [2.24, 2.45) is 0 Å². The fourth-order valence-electron chi connectivity index (χ4n) is 2.56. The largest absolute Gasteiger partial charge is 0.444 e. The zero-order valence-corrected chi connectivity index (χ0v) is 14.0. The van der Waals surface area contributed by atoms with Crippen molar-refractivity contribution in [3.05, 3.63) is 52.7 Å². The predicted molar refractivity (Wildman–Crippen MR) is 87.1 cm³/mol. The molecule has 0 unspecified atom stereocenters. The van der Waals surface area contributed by atoms with Crippen LogP contribution < -0.4 is 0 Å². The van der Waals surface area contributed by atoms with Crippen molar-refractivity contribution in [1.29, 1.82) is 0 Å². The van der Waals surface area contributed by atoms with E-state index in [2.05, 4.69) is 20.9 Å². The first-order valence-corrected chi connectivity index (χ1v) is 8.19. The quantitative estimate of drug-likeness (QED) is 0.805. The van der Waals surface area contributed by atoms with Crippen LogP contribution in [0.5, 0.6) is 0 Å². The predicted octanol–water partition coefficient (Wildman–Crippen LogP) is 2.43. The van der Waals surface area contributed by atoms with E-state index in [1.165, 1.54) is 0 Å². The van der Waals surface area contributed by atoms with E-state index in [1.807, 2.05) is 0 Å². The van der Waals surface area contributed by atoms with Crippen molar-refractivity contribution in [3.8, 4) is 0 Å². The lowest BCUT2D eigenvalue weighted by Gasteiger charge is -2.21. The molecule has 2 aromatic heterocycles. The molecular weight excluding hydrogens is 362 g/mol. The Bertz CT molecular complexity index is 702. The topological polar surface area (TPSA) is 66.7 Å². The van der Waals surface area contributed by atoms with E-state index in [0.717, 1.165) is 6.42 Å². The summed E-state index contributed by atoms with van der Waals surface area (Å²) in [5, 5.41) is 0. The number of furan rings is 1. The Morgan fingerprint density at radius 1 is 1.00 bits per heavy atom. The average molecular weight is 378 g/mol. The summed E-state index contributed by atoms with van der Waals surface area (Å²) in [4.78, 5) is 32.4. The molecule has 3 heterocycles. The van der Waals surface area contributed by atoms with Crippen molar-refractivity contribution in [3.63, 3.8) is 0 Å². The molecule has 3 rings (SSSR count).